The average molecular weight is 232 g/mol. The number of nitrogens with zero attached hydrogens (tertiary/aromatic N) is 1. The van der Waals surface area contributed by atoms with Gasteiger partial charge in [-0.05, 0) is 38.4 Å². The number of aromatic nitrogens is 1. The molecule has 4 heteroatoms. The van der Waals surface area contributed by atoms with E-state index in [-0.39, 0.29) is 6.10 Å². The molecule has 4 nitrogen and oxygen atoms in total. The Morgan fingerprint density at radius 2 is 2.41 bits per heavy atom. The van der Waals surface area contributed by atoms with Crippen molar-refractivity contribution in [2.24, 2.45) is 0 Å². The second kappa shape index (κ2) is 4.37. The second-order valence-electron chi connectivity index (χ2n) is 4.51. The van der Waals surface area contributed by atoms with Gasteiger partial charge in [-0.25, -0.2) is 0 Å². The number of aryl methyl sites for hydroxylation is 1. The van der Waals surface area contributed by atoms with Crippen LogP contribution in [-0.4, -0.2) is 24.4 Å². The zero-order chi connectivity index (χ0) is 11.7. The van der Waals surface area contributed by atoms with Crippen molar-refractivity contribution in [2.45, 2.75) is 25.9 Å². The van der Waals surface area contributed by atoms with Crippen LogP contribution in [0.3, 0.4) is 0 Å². The van der Waals surface area contributed by atoms with E-state index in [4.69, 9.17) is 9.26 Å². The third-order valence-electron chi connectivity index (χ3n) is 3.18. The van der Waals surface area contributed by atoms with Crippen LogP contribution in [0.25, 0.3) is 11.0 Å². The number of piperidine rings is 1. The van der Waals surface area contributed by atoms with E-state index in [0.29, 0.717) is 0 Å². The molecule has 2 heterocycles. The van der Waals surface area contributed by atoms with E-state index in [9.17, 15) is 0 Å². The predicted octanol–water partition coefficient (Wildman–Crippen LogP) is 2.27. The summed E-state index contributed by atoms with van der Waals surface area (Å²) in [5, 5.41) is 8.33. The second-order valence-corrected chi connectivity index (χ2v) is 4.51. The van der Waals surface area contributed by atoms with Crippen molar-refractivity contribution in [3.8, 4) is 5.75 Å². The van der Waals surface area contributed by atoms with Gasteiger partial charge in [0.25, 0.3) is 0 Å². The van der Waals surface area contributed by atoms with Crippen LogP contribution in [0, 0.1) is 6.92 Å². The van der Waals surface area contributed by atoms with Crippen molar-refractivity contribution >= 4 is 11.0 Å². The minimum Gasteiger partial charge on any atom is -0.489 e. The first-order chi connectivity index (χ1) is 8.33. The van der Waals surface area contributed by atoms with E-state index in [2.05, 4.69) is 10.5 Å². The molecular weight excluding hydrogens is 216 g/mol. The lowest BCUT2D eigenvalue weighted by molar-refractivity contribution is 0.167. The number of fused-ring (bicyclic) bond motifs is 1. The van der Waals surface area contributed by atoms with Crippen molar-refractivity contribution in [3.63, 3.8) is 0 Å². The fraction of sp³-hybridized carbons (Fsp3) is 0.462. The lowest BCUT2D eigenvalue weighted by Gasteiger charge is -2.23. The Kier molecular flexibility index (Phi) is 2.73. The molecule has 0 bridgehead atoms. The Balaban J connectivity index is 1.80. The molecule has 0 amide bonds. The lowest BCUT2D eigenvalue weighted by atomic mass is 10.1. The molecule has 0 spiro atoms. The van der Waals surface area contributed by atoms with Gasteiger partial charge in [-0.1, -0.05) is 5.16 Å². The zero-order valence-corrected chi connectivity index (χ0v) is 9.90. The minimum absolute atomic E-state index is 0.269. The first kappa shape index (κ1) is 10.6. The standard InChI is InChI=1S/C13H16N2O2/c1-9-12-5-4-10(7-13(12)17-15-9)16-11-3-2-6-14-8-11/h4-5,7,11,14H,2-3,6,8H2,1H3. The van der Waals surface area contributed by atoms with Crippen LogP contribution in [-0.2, 0) is 0 Å². The summed E-state index contributed by atoms with van der Waals surface area (Å²) in [5.74, 6) is 0.863. The molecule has 1 aromatic heterocycles. The number of rotatable bonds is 2. The van der Waals surface area contributed by atoms with Crippen LogP contribution >= 0.6 is 0 Å². The molecule has 1 aromatic carbocycles. The highest BCUT2D eigenvalue weighted by atomic mass is 16.5. The van der Waals surface area contributed by atoms with Crippen LogP contribution in [0.2, 0.25) is 0 Å². The highest BCUT2D eigenvalue weighted by Crippen LogP contribution is 2.24. The van der Waals surface area contributed by atoms with Gasteiger partial charge >= 0.3 is 0 Å². The van der Waals surface area contributed by atoms with Crippen molar-refractivity contribution in [2.75, 3.05) is 13.1 Å². The smallest absolute Gasteiger partial charge is 0.170 e. The molecule has 0 aliphatic carbocycles. The SMILES string of the molecule is Cc1noc2cc(OC3CCCNC3)ccc12. The molecule has 1 aliphatic heterocycles. The summed E-state index contributed by atoms with van der Waals surface area (Å²) < 4.78 is 11.2. The molecule has 1 saturated heterocycles. The van der Waals surface area contributed by atoms with Crippen LogP contribution in [0.5, 0.6) is 5.75 Å². The number of ether oxygens (including phenoxy) is 1. The number of nitrogens with one attached hydrogen (secondary N) is 1. The molecule has 3 rings (SSSR count). The summed E-state index contributed by atoms with van der Waals surface area (Å²) in [7, 11) is 0. The van der Waals surface area contributed by atoms with Crippen molar-refractivity contribution in [1.82, 2.24) is 10.5 Å². The quantitative estimate of drug-likeness (QED) is 0.862. The third kappa shape index (κ3) is 2.13. The molecule has 90 valence electrons. The van der Waals surface area contributed by atoms with E-state index in [0.717, 1.165) is 41.9 Å². The maximum Gasteiger partial charge on any atom is 0.170 e. The number of hydrogen-bond acceptors (Lipinski definition) is 4. The molecule has 17 heavy (non-hydrogen) atoms. The van der Waals surface area contributed by atoms with Gasteiger partial charge in [0.1, 0.15) is 11.9 Å². The summed E-state index contributed by atoms with van der Waals surface area (Å²) in [6.07, 6.45) is 2.56. The molecule has 1 atom stereocenters. The summed E-state index contributed by atoms with van der Waals surface area (Å²) in [4.78, 5) is 0. The van der Waals surface area contributed by atoms with E-state index in [1.54, 1.807) is 0 Å². The van der Waals surface area contributed by atoms with Gasteiger partial charge in [-0.3, -0.25) is 0 Å². The van der Waals surface area contributed by atoms with Gasteiger partial charge in [0, 0.05) is 18.0 Å². The number of hydrogen-bond donors (Lipinski definition) is 1. The minimum atomic E-state index is 0.269. The van der Waals surface area contributed by atoms with Gasteiger partial charge in [-0.2, -0.15) is 0 Å². The highest BCUT2D eigenvalue weighted by molar-refractivity contribution is 5.80. The fourth-order valence-corrected chi connectivity index (χ4v) is 2.23. The molecule has 2 aromatic rings. The Hall–Kier alpha value is -1.55. The maximum absolute atomic E-state index is 5.92. The average Bonchev–Trinajstić information content (AvgIpc) is 2.72. The fourth-order valence-electron chi connectivity index (χ4n) is 2.23. The van der Waals surface area contributed by atoms with Crippen LogP contribution in [0.15, 0.2) is 22.7 Å². The van der Waals surface area contributed by atoms with Gasteiger partial charge in [0.2, 0.25) is 0 Å². The molecule has 0 radical (unpaired) electrons. The Morgan fingerprint density at radius 1 is 1.47 bits per heavy atom. The predicted molar refractivity (Wildman–Crippen MR) is 65.3 cm³/mol. The van der Waals surface area contributed by atoms with E-state index in [1.165, 1.54) is 6.42 Å². The largest absolute Gasteiger partial charge is 0.489 e. The van der Waals surface area contributed by atoms with Gasteiger partial charge in [0.15, 0.2) is 5.58 Å². The molecule has 0 saturated carbocycles. The first-order valence-electron chi connectivity index (χ1n) is 6.06. The topological polar surface area (TPSA) is 47.3 Å². The maximum atomic E-state index is 5.92. The Labute approximate surface area is 99.9 Å². The van der Waals surface area contributed by atoms with Crippen molar-refractivity contribution in [1.29, 1.82) is 0 Å². The van der Waals surface area contributed by atoms with Crippen LogP contribution in [0.4, 0.5) is 0 Å². The van der Waals surface area contributed by atoms with E-state index >= 15 is 0 Å². The molecule has 1 fully saturated rings. The summed E-state index contributed by atoms with van der Waals surface area (Å²) >= 11 is 0. The van der Waals surface area contributed by atoms with E-state index < -0.39 is 0 Å². The normalized spacial score (nSPS) is 20.6. The molecule has 1 unspecified atom stereocenters. The van der Waals surface area contributed by atoms with Gasteiger partial charge in [0.05, 0.1) is 5.69 Å². The monoisotopic (exact) mass is 232 g/mol. The third-order valence-corrected chi connectivity index (χ3v) is 3.18. The lowest BCUT2D eigenvalue weighted by Crippen LogP contribution is -2.37. The van der Waals surface area contributed by atoms with Crippen LogP contribution in [0.1, 0.15) is 18.5 Å². The van der Waals surface area contributed by atoms with Gasteiger partial charge < -0.3 is 14.6 Å². The van der Waals surface area contributed by atoms with Crippen molar-refractivity contribution in [3.05, 3.63) is 23.9 Å². The van der Waals surface area contributed by atoms with E-state index in [1.807, 2.05) is 25.1 Å². The molecule has 1 aliphatic rings. The highest BCUT2D eigenvalue weighted by Gasteiger charge is 2.15. The summed E-state index contributed by atoms with van der Waals surface area (Å²) in [6, 6.07) is 5.91. The Bertz CT molecular complexity index is 515. The molecule has 1 N–H and O–H groups in total. The van der Waals surface area contributed by atoms with Crippen LogP contribution < -0.4 is 10.1 Å². The van der Waals surface area contributed by atoms with Gasteiger partial charge in [-0.15, -0.1) is 0 Å². The first-order valence-corrected chi connectivity index (χ1v) is 6.06. The number of benzene rings is 1. The summed E-state index contributed by atoms with van der Waals surface area (Å²) in [6.45, 7) is 3.96. The molecular formula is C13H16N2O2. The zero-order valence-electron chi connectivity index (χ0n) is 9.90. The van der Waals surface area contributed by atoms with Crippen molar-refractivity contribution < 1.29 is 9.26 Å². The Morgan fingerprint density at radius 3 is 3.24 bits per heavy atom. The summed E-state index contributed by atoms with van der Waals surface area (Å²) in [5.41, 5.74) is 1.72.